The number of halogens is 1. The lowest BCUT2D eigenvalue weighted by molar-refractivity contribution is 0.140. The molecule has 4 aromatic rings. The highest BCUT2D eigenvalue weighted by Gasteiger charge is 2.21. The fourth-order valence-electron chi connectivity index (χ4n) is 3.69. The minimum Gasteiger partial charge on any atom is -0.488 e. The molecule has 4 heterocycles. The van der Waals surface area contributed by atoms with Crippen LogP contribution in [0.25, 0.3) is 16.8 Å². The maximum Gasteiger partial charge on any atom is 0.165 e. The van der Waals surface area contributed by atoms with Crippen molar-refractivity contribution in [1.29, 1.82) is 0 Å². The number of fused-ring (bicyclic) bond motifs is 1. The van der Waals surface area contributed by atoms with Gasteiger partial charge in [0, 0.05) is 41.7 Å². The molecular formula is C22H22FN5O2. The van der Waals surface area contributed by atoms with Crippen molar-refractivity contribution in [2.45, 2.75) is 25.5 Å². The van der Waals surface area contributed by atoms with Gasteiger partial charge in [0.2, 0.25) is 0 Å². The maximum absolute atomic E-state index is 14.0. The first kappa shape index (κ1) is 18.6. The van der Waals surface area contributed by atoms with Crippen LogP contribution < -0.4 is 10.1 Å². The van der Waals surface area contributed by atoms with Crippen LogP contribution in [0, 0.1) is 5.82 Å². The summed E-state index contributed by atoms with van der Waals surface area (Å²) in [5.41, 5.74) is 3.43. The molecule has 0 amide bonds. The van der Waals surface area contributed by atoms with Gasteiger partial charge in [-0.3, -0.25) is 0 Å². The fourth-order valence-corrected chi connectivity index (χ4v) is 3.69. The summed E-state index contributed by atoms with van der Waals surface area (Å²) in [6, 6.07) is 8.21. The zero-order valence-corrected chi connectivity index (χ0v) is 16.5. The molecule has 1 aliphatic rings. The van der Waals surface area contributed by atoms with Crippen LogP contribution in [0.3, 0.4) is 0 Å². The van der Waals surface area contributed by atoms with Crippen molar-refractivity contribution >= 4 is 11.5 Å². The van der Waals surface area contributed by atoms with E-state index < -0.39 is 0 Å². The molecule has 0 radical (unpaired) electrons. The normalized spacial score (nSPS) is 17.3. The zero-order valence-electron chi connectivity index (χ0n) is 16.5. The highest BCUT2D eigenvalue weighted by molar-refractivity contribution is 5.77. The molecule has 30 heavy (non-hydrogen) atoms. The molecule has 0 spiro atoms. The smallest absolute Gasteiger partial charge is 0.165 e. The molecule has 2 unspecified atom stereocenters. The van der Waals surface area contributed by atoms with E-state index in [0.29, 0.717) is 24.8 Å². The Morgan fingerprint density at radius 3 is 3.07 bits per heavy atom. The van der Waals surface area contributed by atoms with Crippen molar-refractivity contribution < 1.29 is 13.9 Å². The molecule has 1 aromatic carbocycles. The van der Waals surface area contributed by atoms with Crippen LogP contribution in [0.5, 0.6) is 5.75 Å². The third-order valence-corrected chi connectivity index (χ3v) is 5.26. The molecule has 154 valence electrons. The molecule has 2 atom stereocenters. The first-order valence-electron chi connectivity index (χ1n) is 9.95. The second-order valence-electron chi connectivity index (χ2n) is 7.39. The second-order valence-corrected chi connectivity index (χ2v) is 7.39. The lowest BCUT2D eigenvalue weighted by Gasteiger charge is -2.21. The summed E-state index contributed by atoms with van der Waals surface area (Å²) in [7, 11) is 0. The Morgan fingerprint density at radius 2 is 2.27 bits per heavy atom. The Kier molecular flexibility index (Phi) is 4.84. The van der Waals surface area contributed by atoms with Gasteiger partial charge < -0.3 is 19.8 Å². The van der Waals surface area contributed by atoms with Gasteiger partial charge in [0.05, 0.1) is 25.5 Å². The van der Waals surface area contributed by atoms with Gasteiger partial charge in [-0.2, -0.15) is 5.10 Å². The third kappa shape index (κ3) is 3.61. The summed E-state index contributed by atoms with van der Waals surface area (Å²) < 4.78 is 27.2. The number of H-pyrrole nitrogens is 1. The van der Waals surface area contributed by atoms with E-state index >= 15 is 0 Å². The quantitative estimate of drug-likeness (QED) is 0.501. The number of aromatic nitrogens is 4. The fraction of sp³-hybridized carbons (Fsp3) is 0.273. The van der Waals surface area contributed by atoms with Crippen LogP contribution in [0.4, 0.5) is 10.2 Å². The molecule has 5 rings (SSSR count). The van der Waals surface area contributed by atoms with Gasteiger partial charge in [0.1, 0.15) is 23.5 Å². The van der Waals surface area contributed by atoms with E-state index in [-0.39, 0.29) is 18.0 Å². The van der Waals surface area contributed by atoms with Crippen molar-refractivity contribution in [3.8, 4) is 16.9 Å². The van der Waals surface area contributed by atoms with E-state index in [1.165, 1.54) is 12.1 Å². The minimum atomic E-state index is -0.303. The summed E-state index contributed by atoms with van der Waals surface area (Å²) >= 11 is 0. The van der Waals surface area contributed by atoms with Crippen LogP contribution in [-0.2, 0) is 4.74 Å². The SMILES string of the molecule is CC(Nc1ccn2ncc(-c3cc[nH]c3)c2n1)c1cc(F)ccc1OC1CCOC1. The maximum atomic E-state index is 14.0. The Balaban J connectivity index is 1.42. The summed E-state index contributed by atoms with van der Waals surface area (Å²) in [6.45, 7) is 3.20. The van der Waals surface area contributed by atoms with Crippen LogP contribution in [0.2, 0.25) is 0 Å². The average Bonchev–Trinajstić information content (AvgIpc) is 3.50. The van der Waals surface area contributed by atoms with Crippen molar-refractivity contribution in [3.05, 3.63) is 66.5 Å². The van der Waals surface area contributed by atoms with Crippen molar-refractivity contribution in [2.75, 3.05) is 18.5 Å². The lowest BCUT2D eigenvalue weighted by atomic mass is 10.1. The van der Waals surface area contributed by atoms with Crippen molar-refractivity contribution in [1.82, 2.24) is 19.6 Å². The molecule has 2 N–H and O–H groups in total. The minimum absolute atomic E-state index is 0.00779. The first-order valence-corrected chi connectivity index (χ1v) is 9.95. The summed E-state index contributed by atoms with van der Waals surface area (Å²) in [4.78, 5) is 7.79. The molecule has 0 bridgehead atoms. The van der Waals surface area contributed by atoms with E-state index in [1.54, 1.807) is 16.8 Å². The van der Waals surface area contributed by atoms with Crippen molar-refractivity contribution in [2.24, 2.45) is 0 Å². The van der Waals surface area contributed by atoms with E-state index in [9.17, 15) is 4.39 Å². The summed E-state index contributed by atoms with van der Waals surface area (Å²) in [5, 5.41) is 7.73. The second kappa shape index (κ2) is 7.79. The first-order chi connectivity index (χ1) is 14.7. The van der Waals surface area contributed by atoms with Gasteiger partial charge in [0.15, 0.2) is 5.65 Å². The Labute approximate surface area is 172 Å². The van der Waals surface area contributed by atoms with Gasteiger partial charge in [-0.05, 0) is 37.3 Å². The molecule has 1 saturated heterocycles. The van der Waals surface area contributed by atoms with Gasteiger partial charge in [0.25, 0.3) is 0 Å². The number of benzene rings is 1. The van der Waals surface area contributed by atoms with Gasteiger partial charge in [-0.1, -0.05) is 0 Å². The van der Waals surface area contributed by atoms with Crippen molar-refractivity contribution in [3.63, 3.8) is 0 Å². The van der Waals surface area contributed by atoms with Crippen LogP contribution in [0.15, 0.2) is 55.1 Å². The molecule has 3 aromatic heterocycles. The van der Waals surface area contributed by atoms with Gasteiger partial charge >= 0.3 is 0 Å². The zero-order chi connectivity index (χ0) is 20.5. The molecule has 0 saturated carbocycles. The van der Waals surface area contributed by atoms with Gasteiger partial charge in [-0.25, -0.2) is 13.9 Å². The van der Waals surface area contributed by atoms with E-state index in [2.05, 4.69) is 15.4 Å². The molecule has 1 fully saturated rings. The molecule has 0 aliphatic carbocycles. The highest BCUT2D eigenvalue weighted by atomic mass is 19.1. The van der Waals surface area contributed by atoms with Gasteiger partial charge in [-0.15, -0.1) is 0 Å². The Bertz CT molecular complexity index is 1150. The number of nitrogens with zero attached hydrogens (tertiary/aromatic N) is 3. The molecule has 7 nitrogen and oxygen atoms in total. The molecular weight excluding hydrogens is 385 g/mol. The predicted octanol–water partition coefficient (Wildman–Crippen LogP) is 4.20. The average molecular weight is 407 g/mol. The largest absolute Gasteiger partial charge is 0.488 e. The van der Waals surface area contributed by atoms with E-state index in [4.69, 9.17) is 14.5 Å². The number of hydrogen-bond donors (Lipinski definition) is 2. The summed E-state index contributed by atoms with van der Waals surface area (Å²) in [5.74, 6) is 1.03. The standard InChI is InChI=1S/C22H22FN5O2/c1-14(18-10-16(23)2-3-20(18)30-17-6-9-29-13-17)26-21-5-8-28-22(27-21)19(12-25-28)15-4-7-24-11-15/h2-5,7-8,10-12,14,17,24H,6,9,13H2,1H3,(H,26,27). The number of hydrogen-bond acceptors (Lipinski definition) is 5. The Morgan fingerprint density at radius 1 is 1.33 bits per heavy atom. The number of rotatable bonds is 6. The Hall–Kier alpha value is -3.39. The van der Waals surface area contributed by atoms with E-state index in [0.717, 1.165) is 28.8 Å². The molecule has 1 aliphatic heterocycles. The number of aromatic amines is 1. The predicted molar refractivity (Wildman–Crippen MR) is 111 cm³/mol. The lowest BCUT2D eigenvalue weighted by Crippen LogP contribution is -2.18. The van der Waals surface area contributed by atoms with Crippen LogP contribution >= 0.6 is 0 Å². The third-order valence-electron chi connectivity index (χ3n) is 5.26. The number of anilines is 1. The summed E-state index contributed by atoms with van der Waals surface area (Å²) in [6.07, 6.45) is 8.24. The van der Waals surface area contributed by atoms with Crippen LogP contribution in [-0.4, -0.2) is 38.9 Å². The number of ether oxygens (including phenoxy) is 2. The molecule has 8 heteroatoms. The van der Waals surface area contributed by atoms with Crippen LogP contribution in [0.1, 0.15) is 24.9 Å². The monoisotopic (exact) mass is 407 g/mol. The van der Waals surface area contributed by atoms with E-state index in [1.807, 2.05) is 37.6 Å². The topological polar surface area (TPSA) is 76.5 Å². The highest BCUT2D eigenvalue weighted by Crippen LogP contribution is 2.31. The number of nitrogens with one attached hydrogen (secondary N) is 2.